The molecule has 4 aromatic rings. The molecule has 126 valence electrons. The van der Waals surface area contributed by atoms with Crippen molar-refractivity contribution in [1.82, 2.24) is 35.3 Å². The monoisotopic (exact) mass is 353 g/mol. The third-order valence-electron chi connectivity index (χ3n) is 3.91. The lowest BCUT2D eigenvalue weighted by molar-refractivity contribution is 0.0948. The van der Waals surface area contributed by atoms with Crippen LogP contribution >= 0.6 is 11.3 Å². The predicted molar refractivity (Wildman–Crippen MR) is 93.3 cm³/mol. The molecule has 4 rings (SSSR count). The van der Waals surface area contributed by atoms with Gasteiger partial charge in [-0.05, 0) is 37.4 Å². The molecule has 9 heteroatoms. The first kappa shape index (κ1) is 15.5. The summed E-state index contributed by atoms with van der Waals surface area (Å²) in [6.45, 7) is 3.83. The Hall–Kier alpha value is -3.07. The molecule has 4 heterocycles. The molecule has 0 bridgehead atoms. The minimum atomic E-state index is -0.200. The smallest absolute Gasteiger partial charge is 0.255 e. The van der Waals surface area contributed by atoms with E-state index < -0.39 is 0 Å². The maximum atomic E-state index is 12.4. The van der Waals surface area contributed by atoms with Crippen molar-refractivity contribution >= 4 is 22.9 Å². The largest absolute Gasteiger partial charge is 0.345 e. The van der Waals surface area contributed by atoms with E-state index in [1.807, 2.05) is 35.9 Å². The van der Waals surface area contributed by atoms with Crippen molar-refractivity contribution in [3.05, 3.63) is 51.7 Å². The first-order valence-electron chi connectivity index (χ1n) is 7.67. The molecule has 0 radical (unpaired) electrons. The van der Waals surface area contributed by atoms with Crippen molar-refractivity contribution in [2.75, 3.05) is 0 Å². The van der Waals surface area contributed by atoms with E-state index in [9.17, 15) is 4.79 Å². The fourth-order valence-electron chi connectivity index (χ4n) is 2.64. The number of aromatic amines is 1. The van der Waals surface area contributed by atoms with E-state index in [1.54, 1.807) is 22.8 Å². The highest BCUT2D eigenvalue weighted by Crippen LogP contribution is 2.20. The molecule has 0 fully saturated rings. The van der Waals surface area contributed by atoms with Gasteiger partial charge < -0.3 is 5.32 Å². The second-order valence-electron chi connectivity index (χ2n) is 5.61. The number of amides is 1. The third-order valence-corrected chi connectivity index (χ3v) is 4.59. The number of nitrogens with one attached hydrogen (secondary N) is 2. The number of aromatic nitrogens is 6. The fraction of sp³-hybridized carbons (Fsp3) is 0.188. The summed E-state index contributed by atoms with van der Waals surface area (Å²) in [6, 6.07) is 5.78. The van der Waals surface area contributed by atoms with Crippen molar-refractivity contribution < 1.29 is 4.79 Å². The summed E-state index contributed by atoms with van der Waals surface area (Å²) in [6.07, 6.45) is 0. The molecule has 0 atom stereocenters. The Morgan fingerprint density at radius 2 is 2.16 bits per heavy atom. The van der Waals surface area contributed by atoms with Crippen molar-refractivity contribution in [1.29, 1.82) is 0 Å². The highest BCUT2D eigenvalue weighted by molar-refractivity contribution is 7.08. The van der Waals surface area contributed by atoms with Crippen LogP contribution in [-0.2, 0) is 6.54 Å². The number of rotatable bonds is 4. The van der Waals surface area contributed by atoms with Gasteiger partial charge >= 0.3 is 0 Å². The maximum Gasteiger partial charge on any atom is 0.255 e. The van der Waals surface area contributed by atoms with E-state index in [4.69, 9.17) is 0 Å². The number of hydrogen-bond donors (Lipinski definition) is 2. The van der Waals surface area contributed by atoms with Crippen molar-refractivity contribution in [2.45, 2.75) is 20.4 Å². The summed E-state index contributed by atoms with van der Waals surface area (Å²) in [7, 11) is 0. The summed E-state index contributed by atoms with van der Waals surface area (Å²) in [5.41, 5.74) is 4.47. The molecule has 0 aliphatic heterocycles. The Morgan fingerprint density at radius 1 is 1.28 bits per heavy atom. The number of carbonyl (C=O) groups excluding carboxylic acids is 1. The van der Waals surface area contributed by atoms with E-state index in [0.717, 1.165) is 17.0 Å². The van der Waals surface area contributed by atoms with Crippen LogP contribution in [0.1, 0.15) is 27.6 Å². The zero-order valence-electron chi connectivity index (χ0n) is 13.6. The van der Waals surface area contributed by atoms with E-state index in [1.165, 1.54) is 0 Å². The Bertz CT molecular complexity index is 1030. The van der Waals surface area contributed by atoms with Gasteiger partial charge in [-0.25, -0.2) is 0 Å². The second kappa shape index (κ2) is 6.10. The minimum Gasteiger partial charge on any atom is -0.345 e. The van der Waals surface area contributed by atoms with Crippen LogP contribution in [-0.4, -0.2) is 35.9 Å². The zero-order chi connectivity index (χ0) is 17.4. The van der Waals surface area contributed by atoms with Crippen LogP contribution in [0.15, 0.2) is 29.0 Å². The summed E-state index contributed by atoms with van der Waals surface area (Å²) in [5, 5.41) is 26.6. The molecule has 0 aliphatic carbocycles. The first-order valence-corrected chi connectivity index (χ1v) is 8.61. The van der Waals surface area contributed by atoms with E-state index in [2.05, 4.69) is 30.8 Å². The van der Waals surface area contributed by atoms with Crippen LogP contribution in [0.25, 0.3) is 16.9 Å². The Balaban J connectivity index is 1.59. The number of aryl methyl sites for hydroxylation is 2. The summed E-state index contributed by atoms with van der Waals surface area (Å²) in [4.78, 5) is 12.4. The molecule has 2 N–H and O–H groups in total. The van der Waals surface area contributed by atoms with Gasteiger partial charge in [-0.15, -0.1) is 10.2 Å². The Kier molecular flexibility index (Phi) is 3.77. The van der Waals surface area contributed by atoms with Gasteiger partial charge in [-0.1, -0.05) is 0 Å². The number of H-pyrrole nitrogens is 1. The number of hydrogen-bond acceptors (Lipinski definition) is 6. The van der Waals surface area contributed by atoms with E-state index in [-0.39, 0.29) is 12.5 Å². The SMILES string of the molecule is Cc1n[nH]c(C)c1C(=O)NCc1nnc2ccc(-c3ccsc3)nn12. The molecule has 0 saturated carbocycles. The fourth-order valence-corrected chi connectivity index (χ4v) is 3.29. The average Bonchev–Trinajstić information content (AvgIpc) is 3.33. The topological polar surface area (TPSA) is 101 Å². The molecule has 1 amide bonds. The standard InChI is InChI=1S/C16H15N7OS/c1-9-15(10(2)19-18-9)16(24)17-7-14-21-20-13-4-3-12(22-23(13)14)11-5-6-25-8-11/h3-6,8H,7H2,1-2H3,(H,17,24)(H,18,19). The summed E-state index contributed by atoms with van der Waals surface area (Å²) in [5.74, 6) is 0.369. The van der Waals surface area contributed by atoms with Gasteiger partial charge in [-0.2, -0.15) is 26.0 Å². The van der Waals surface area contributed by atoms with Crippen LogP contribution in [0.4, 0.5) is 0 Å². The third kappa shape index (κ3) is 2.78. The highest BCUT2D eigenvalue weighted by atomic mass is 32.1. The normalized spacial score (nSPS) is 11.1. The number of nitrogens with zero attached hydrogens (tertiary/aromatic N) is 5. The van der Waals surface area contributed by atoms with Gasteiger partial charge in [0.2, 0.25) is 0 Å². The molecule has 0 spiro atoms. The summed E-state index contributed by atoms with van der Waals surface area (Å²) >= 11 is 1.61. The zero-order valence-corrected chi connectivity index (χ0v) is 14.5. The molecular formula is C16H15N7OS. The molecule has 8 nitrogen and oxygen atoms in total. The quantitative estimate of drug-likeness (QED) is 0.585. The van der Waals surface area contributed by atoms with Gasteiger partial charge in [0, 0.05) is 16.6 Å². The maximum absolute atomic E-state index is 12.4. The Morgan fingerprint density at radius 3 is 2.88 bits per heavy atom. The van der Waals surface area contributed by atoms with Gasteiger partial charge in [0.05, 0.1) is 23.5 Å². The van der Waals surface area contributed by atoms with Gasteiger partial charge in [-0.3, -0.25) is 9.89 Å². The van der Waals surface area contributed by atoms with Crippen LogP contribution in [0.3, 0.4) is 0 Å². The van der Waals surface area contributed by atoms with Gasteiger partial charge in [0.15, 0.2) is 11.5 Å². The molecule has 25 heavy (non-hydrogen) atoms. The molecule has 0 aliphatic rings. The van der Waals surface area contributed by atoms with Crippen LogP contribution in [0.5, 0.6) is 0 Å². The van der Waals surface area contributed by atoms with Crippen molar-refractivity contribution in [2.24, 2.45) is 0 Å². The minimum absolute atomic E-state index is 0.200. The van der Waals surface area contributed by atoms with Crippen LogP contribution < -0.4 is 5.32 Å². The molecular weight excluding hydrogens is 338 g/mol. The van der Waals surface area contributed by atoms with Gasteiger partial charge in [0.1, 0.15) is 0 Å². The number of fused-ring (bicyclic) bond motifs is 1. The lowest BCUT2D eigenvalue weighted by Gasteiger charge is -2.05. The highest BCUT2D eigenvalue weighted by Gasteiger charge is 2.16. The van der Waals surface area contributed by atoms with Crippen molar-refractivity contribution in [3.63, 3.8) is 0 Å². The molecule has 4 aromatic heterocycles. The first-order chi connectivity index (χ1) is 12.1. The second-order valence-corrected chi connectivity index (χ2v) is 6.39. The lowest BCUT2D eigenvalue weighted by atomic mass is 10.2. The predicted octanol–water partition coefficient (Wildman–Crippen LogP) is 2.12. The number of thiophene rings is 1. The van der Waals surface area contributed by atoms with E-state index in [0.29, 0.717) is 22.7 Å². The van der Waals surface area contributed by atoms with Crippen LogP contribution in [0.2, 0.25) is 0 Å². The van der Waals surface area contributed by atoms with Crippen LogP contribution in [0, 0.1) is 13.8 Å². The van der Waals surface area contributed by atoms with Gasteiger partial charge in [0.25, 0.3) is 5.91 Å². The summed E-state index contributed by atoms with van der Waals surface area (Å²) < 4.78 is 1.66. The number of carbonyl (C=O) groups is 1. The Labute approximate surface area is 146 Å². The lowest BCUT2D eigenvalue weighted by Crippen LogP contribution is -2.25. The molecule has 0 aromatic carbocycles. The molecule has 0 unspecified atom stereocenters. The molecule has 0 saturated heterocycles. The average molecular weight is 353 g/mol. The van der Waals surface area contributed by atoms with Crippen molar-refractivity contribution in [3.8, 4) is 11.3 Å². The van der Waals surface area contributed by atoms with E-state index >= 15 is 0 Å².